The van der Waals surface area contributed by atoms with Crippen molar-refractivity contribution in [2.45, 2.75) is 0 Å². The van der Waals surface area contributed by atoms with Gasteiger partial charge in [-0.1, -0.05) is 0 Å². The highest BCUT2D eigenvalue weighted by Gasteiger charge is 2.19. The van der Waals surface area contributed by atoms with Crippen LogP contribution < -0.4 is 4.74 Å². The van der Waals surface area contributed by atoms with Crippen molar-refractivity contribution in [3.63, 3.8) is 0 Å². The fraction of sp³-hybridized carbons (Fsp3) is 0.0769. The van der Waals surface area contributed by atoms with Crippen molar-refractivity contribution in [2.24, 2.45) is 0 Å². The lowest BCUT2D eigenvalue weighted by Gasteiger charge is -2.02. The SMILES string of the molecule is COc1ccc2c(C(=O)O)nc(-c3ccco3)n2c1. The van der Waals surface area contributed by atoms with Crippen molar-refractivity contribution in [1.82, 2.24) is 9.38 Å². The van der Waals surface area contributed by atoms with E-state index in [9.17, 15) is 9.90 Å². The van der Waals surface area contributed by atoms with Crippen molar-refractivity contribution in [3.05, 3.63) is 42.4 Å². The van der Waals surface area contributed by atoms with E-state index in [1.54, 1.807) is 42.0 Å². The normalized spacial score (nSPS) is 10.8. The van der Waals surface area contributed by atoms with Gasteiger partial charge in [0.25, 0.3) is 0 Å². The Morgan fingerprint density at radius 3 is 2.89 bits per heavy atom. The van der Waals surface area contributed by atoms with Gasteiger partial charge in [0.15, 0.2) is 17.3 Å². The number of carbonyl (C=O) groups is 1. The van der Waals surface area contributed by atoms with E-state index in [-0.39, 0.29) is 5.69 Å². The molecule has 3 heterocycles. The maximum atomic E-state index is 11.2. The molecule has 0 saturated heterocycles. The largest absolute Gasteiger partial charge is 0.495 e. The van der Waals surface area contributed by atoms with Crippen molar-refractivity contribution < 1.29 is 19.1 Å². The molecule has 6 heteroatoms. The predicted molar refractivity (Wildman–Crippen MR) is 66.4 cm³/mol. The van der Waals surface area contributed by atoms with Gasteiger partial charge in [0.2, 0.25) is 0 Å². The first kappa shape index (κ1) is 11.3. The standard InChI is InChI=1S/C13H10N2O4/c1-18-8-4-5-9-11(13(16)17)14-12(15(9)7-8)10-3-2-6-19-10/h2-7H,1H3,(H,16,17). The molecule has 0 aliphatic rings. The first-order valence-corrected chi connectivity index (χ1v) is 5.54. The smallest absolute Gasteiger partial charge is 0.356 e. The van der Waals surface area contributed by atoms with Gasteiger partial charge < -0.3 is 14.3 Å². The quantitative estimate of drug-likeness (QED) is 0.780. The van der Waals surface area contributed by atoms with Gasteiger partial charge in [0, 0.05) is 0 Å². The number of rotatable bonds is 3. The summed E-state index contributed by atoms with van der Waals surface area (Å²) in [6, 6.07) is 6.79. The molecule has 19 heavy (non-hydrogen) atoms. The molecule has 1 N–H and O–H groups in total. The summed E-state index contributed by atoms with van der Waals surface area (Å²) in [4.78, 5) is 15.3. The van der Waals surface area contributed by atoms with Gasteiger partial charge in [-0.2, -0.15) is 0 Å². The Labute approximate surface area is 107 Å². The Hall–Kier alpha value is -2.76. The molecule has 3 rings (SSSR count). The second kappa shape index (κ2) is 4.16. The summed E-state index contributed by atoms with van der Waals surface area (Å²) in [5.41, 5.74) is 0.466. The molecule has 0 atom stereocenters. The Balaban J connectivity index is 2.34. The summed E-state index contributed by atoms with van der Waals surface area (Å²) in [6.45, 7) is 0. The molecule has 0 saturated carbocycles. The second-order valence-electron chi connectivity index (χ2n) is 3.89. The second-order valence-corrected chi connectivity index (χ2v) is 3.89. The lowest BCUT2D eigenvalue weighted by Crippen LogP contribution is -1.97. The zero-order valence-electron chi connectivity index (χ0n) is 10.0. The minimum atomic E-state index is -1.08. The number of carboxylic acids is 1. The predicted octanol–water partition coefficient (Wildman–Crippen LogP) is 2.30. The third kappa shape index (κ3) is 1.74. The number of carboxylic acid groups (broad SMARTS) is 1. The van der Waals surface area contributed by atoms with Crippen LogP contribution in [-0.2, 0) is 0 Å². The maximum absolute atomic E-state index is 11.2. The molecule has 0 bridgehead atoms. The highest BCUT2D eigenvalue weighted by molar-refractivity contribution is 5.94. The van der Waals surface area contributed by atoms with Gasteiger partial charge in [0.05, 0.1) is 25.1 Å². The van der Waals surface area contributed by atoms with Crippen LogP contribution in [0.1, 0.15) is 10.5 Å². The molecular formula is C13H10N2O4. The summed E-state index contributed by atoms with van der Waals surface area (Å²) in [6.07, 6.45) is 3.18. The average Bonchev–Trinajstić information content (AvgIpc) is 3.04. The van der Waals surface area contributed by atoms with Crippen molar-refractivity contribution in [3.8, 4) is 17.3 Å². The van der Waals surface area contributed by atoms with Crippen LogP contribution in [0.25, 0.3) is 17.1 Å². The fourth-order valence-corrected chi connectivity index (χ4v) is 1.92. The van der Waals surface area contributed by atoms with Crippen molar-refractivity contribution >= 4 is 11.5 Å². The number of imidazole rings is 1. The van der Waals surface area contributed by atoms with E-state index in [2.05, 4.69) is 4.98 Å². The molecule has 0 aliphatic carbocycles. The number of furan rings is 1. The van der Waals surface area contributed by atoms with Crippen LogP contribution >= 0.6 is 0 Å². The summed E-state index contributed by atoms with van der Waals surface area (Å²) in [7, 11) is 1.54. The van der Waals surface area contributed by atoms with Crippen LogP contribution in [0.5, 0.6) is 5.75 Å². The Morgan fingerprint density at radius 1 is 1.42 bits per heavy atom. The molecule has 0 aliphatic heterocycles. The van der Waals surface area contributed by atoms with E-state index >= 15 is 0 Å². The number of ether oxygens (including phenoxy) is 1. The van der Waals surface area contributed by atoms with Crippen LogP contribution in [0.2, 0.25) is 0 Å². The Morgan fingerprint density at radius 2 is 2.26 bits per heavy atom. The summed E-state index contributed by atoms with van der Waals surface area (Å²) in [5.74, 6) is 0.446. The highest BCUT2D eigenvalue weighted by Crippen LogP contribution is 2.25. The molecule has 96 valence electrons. The Bertz CT molecular complexity index is 743. The van der Waals surface area contributed by atoms with Gasteiger partial charge in [-0.25, -0.2) is 9.78 Å². The molecule has 0 fully saturated rings. The molecule has 0 spiro atoms. The molecule has 3 aromatic heterocycles. The van der Waals surface area contributed by atoms with E-state index in [1.165, 1.54) is 6.26 Å². The third-order valence-electron chi connectivity index (χ3n) is 2.79. The van der Waals surface area contributed by atoms with E-state index in [1.807, 2.05) is 0 Å². The number of nitrogens with zero attached hydrogens (tertiary/aromatic N) is 2. The fourth-order valence-electron chi connectivity index (χ4n) is 1.92. The summed E-state index contributed by atoms with van der Waals surface area (Å²) >= 11 is 0. The van der Waals surface area contributed by atoms with Gasteiger partial charge in [-0.15, -0.1) is 0 Å². The lowest BCUT2D eigenvalue weighted by atomic mass is 10.3. The zero-order valence-corrected chi connectivity index (χ0v) is 10.0. The third-order valence-corrected chi connectivity index (χ3v) is 2.79. The first-order chi connectivity index (χ1) is 9.20. The molecule has 0 amide bonds. The van der Waals surface area contributed by atoms with E-state index < -0.39 is 5.97 Å². The Kier molecular flexibility index (Phi) is 2.49. The van der Waals surface area contributed by atoms with E-state index in [4.69, 9.17) is 9.15 Å². The number of methoxy groups -OCH3 is 1. The lowest BCUT2D eigenvalue weighted by molar-refractivity contribution is 0.0693. The monoisotopic (exact) mass is 258 g/mol. The van der Waals surface area contributed by atoms with Crippen molar-refractivity contribution in [1.29, 1.82) is 0 Å². The van der Waals surface area contributed by atoms with Gasteiger partial charge in [0.1, 0.15) is 5.75 Å². The number of aromatic nitrogens is 2. The molecule has 3 aromatic rings. The number of aromatic carboxylic acids is 1. The minimum absolute atomic E-state index is 0.0194. The zero-order chi connectivity index (χ0) is 13.4. The van der Waals surface area contributed by atoms with Gasteiger partial charge >= 0.3 is 5.97 Å². The topological polar surface area (TPSA) is 77.0 Å². The number of fused-ring (bicyclic) bond motifs is 1. The average molecular weight is 258 g/mol. The maximum Gasteiger partial charge on any atom is 0.356 e. The van der Waals surface area contributed by atoms with Crippen LogP contribution in [0.4, 0.5) is 0 Å². The van der Waals surface area contributed by atoms with E-state index in [0.29, 0.717) is 22.9 Å². The van der Waals surface area contributed by atoms with Crippen LogP contribution in [-0.4, -0.2) is 27.6 Å². The minimum Gasteiger partial charge on any atom is -0.495 e. The number of pyridine rings is 1. The molecule has 0 radical (unpaired) electrons. The molecule has 0 aromatic carbocycles. The summed E-state index contributed by atoms with van der Waals surface area (Å²) < 4.78 is 12.1. The summed E-state index contributed by atoms with van der Waals surface area (Å²) in [5, 5.41) is 9.18. The van der Waals surface area contributed by atoms with Crippen LogP contribution in [0.3, 0.4) is 0 Å². The van der Waals surface area contributed by atoms with E-state index in [0.717, 1.165) is 0 Å². The number of hydrogen-bond donors (Lipinski definition) is 1. The highest BCUT2D eigenvalue weighted by atomic mass is 16.5. The van der Waals surface area contributed by atoms with Crippen molar-refractivity contribution in [2.75, 3.05) is 7.11 Å². The van der Waals surface area contributed by atoms with Gasteiger partial charge in [-0.05, 0) is 24.3 Å². The molecule has 6 nitrogen and oxygen atoms in total. The number of hydrogen-bond acceptors (Lipinski definition) is 4. The van der Waals surface area contributed by atoms with Gasteiger partial charge in [-0.3, -0.25) is 4.40 Å². The first-order valence-electron chi connectivity index (χ1n) is 5.54. The molecular weight excluding hydrogens is 248 g/mol. The van der Waals surface area contributed by atoms with Crippen LogP contribution in [0.15, 0.2) is 41.1 Å². The molecule has 0 unspecified atom stereocenters. The van der Waals surface area contributed by atoms with Crippen LogP contribution in [0, 0.1) is 0 Å².